The van der Waals surface area contributed by atoms with Gasteiger partial charge in [0.05, 0.1) is 25.3 Å². The molecule has 2 rings (SSSR count). The van der Waals surface area contributed by atoms with Gasteiger partial charge in [-0.3, -0.25) is 14.4 Å². The molecule has 0 saturated carbocycles. The molecule has 0 saturated heterocycles. The highest BCUT2D eigenvalue weighted by molar-refractivity contribution is 6.06. The van der Waals surface area contributed by atoms with Crippen LogP contribution >= 0.6 is 0 Å². The van der Waals surface area contributed by atoms with Crippen LogP contribution in [0.5, 0.6) is 11.5 Å². The minimum Gasteiger partial charge on any atom is -0.497 e. The normalized spacial score (nSPS) is 10.2. The largest absolute Gasteiger partial charge is 0.497 e. The van der Waals surface area contributed by atoms with E-state index in [1.807, 2.05) is 0 Å². The molecule has 8 nitrogen and oxygen atoms in total. The average molecular weight is 359 g/mol. The van der Waals surface area contributed by atoms with Crippen LogP contribution in [0.25, 0.3) is 0 Å². The summed E-state index contributed by atoms with van der Waals surface area (Å²) in [7, 11) is 7.66. The number of hydrogen-bond donors (Lipinski definition) is 1. The van der Waals surface area contributed by atoms with Crippen LogP contribution in [0.1, 0.15) is 20.7 Å². The van der Waals surface area contributed by atoms with Crippen molar-refractivity contribution < 1.29 is 19.1 Å². The van der Waals surface area contributed by atoms with Gasteiger partial charge in [0.2, 0.25) is 0 Å². The third-order valence-corrected chi connectivity index (χ3v) is 3.74. The van der Waals surface area contributed by atoms with Crippen molar-refractivity contribution in [1.82, 2.24) is 9.47 Å². The van der Waals surface area contributed by atoms with Crippen LogP contribution in [0.15, 0.2) is 35.3 Å². The molecule has 1 heterocycles. The Morgan fingerprint density at radius 2 is 1.81 bits per heavy atom. The second kappa shape index (κ2) is 7.73. The summed E-state index contributed by atoms with van der Waals surface area (Å²) in [5.41, 5.74) is 0.0954. The fourth-order valence-corrected chi connectivity index (χ4v) is 2.35. The molecule has 2 aromatic rings. The van der Waals surface area contributed by atoms with Crippen LogP contribution in [-0.2, 0) is 7.05 Å². The second-order valence-electron chi connectivity index (χ2n) is 5.78. The van der Waals surface area contributed by atoms with Crippen molar-refractivity contribution >= 4 is 17.5 Å². The molecule has 2 amide bonds. The molecule has 1 N–H and O–H groups in total. The van der Waals surface area contributed by atoms with E-state index < -0.39 is 11.5 Å². The van der Waals surface area contributed by atoms with Crippen LogP contribution < -0.4 is 20.3 Å². The van der Waals surface area contributed by atoms with E-state index in [1.165, 1.54) is 49.1 Å². The number of benzene rings is 1. The Kier molecular flexibility index (Phi) is 5.66. The first-order valence-electron chi connectivity index (χ1n) is 7.74. The number of methoxy groups -OCH3 is 2. The van der Waals surface area contributed by atoms with Crippen molar-refractivity contribution in [2.24, 2.45) is 7.05 Å². The van der Waals surface area contributed by atoms with Gasteiger partial charge in [-0.05, 0) is 18.2 Å². The lowest BCUT2D eigenvalue weighted by Gasteiger charge is -2.14. The maximum absolute atomic E-state index is 12.6. The van der Waals surface area contributed by atoms with E-state index in [1.54, 1.807) is 26.2 Å². The lowest BCUT2D eigenvalue weighted by molar-refractivity contribution is 0.0826. The number of amides is 2. The zero-order valence-electron chi connectivity index (χ0n) is 15.3. The molecule has 0 atom stereocenters. The zero-order valence-corrected chi connectivity index (χ0v) is 15.3. The number of aromatic nitrogens is 1. The minimum absolute atomic E-state index is 0.00284. The van der Waals surface area contributed by atoms with E-state index in [9.17, 15) is 14.4 Å². The monoisotopic (exact) mass is 359 g/mol. The van der Waals surface area contributed by atoms with Gasteiger partial charge in [-0.15, -0.1) is 0 Å². The smallest absolute Gasteiger partial charge is 0.274 e. The van der Waals surface area contributed by atoms with Crippen molar-refractivity contribution in [2.45, 2.75) is 0 Å². The number of nitrogens with zero attached hydrogens (tertiary/aromatic N) is 2. The first-order chi connectivity index (χ1) is 12.3. The van der Waals surface area contributed by atoms with Gasteiger partial charge >= 0.3 is 0 Å². The first-order valence-corrected chi connectivity index (χ1v) is 7.74. The second-order valence-corrected chi connectivity index (χ2v) is 5.78. The zero-order chi connectivity index (χ0) is 19.4. The number of rotatable bonds is 5. The van der Waals surface area contributed by atoms with E-state index in [4.69, 9.17) is 9.47 Å². The van der Waals surface area contributed by atoms with Crippen LogP contribution in [0.4, 0.5) is 5.69 Å². The van der Waals surface area contributed by atoms with Crippen molar-refractivity contribution in [2.75, 3.05) is 33.6 Å². The molecular weight excluding hydrogens is 338 g/mol. The Bertz CT molecular complexity index is 902. The molecule has 0 radical (unpaired) electrons. The van der Waals surface area contributed by atoms with Crippen molar-refractivity contribution in [3.05, 3.63) is 51.9 Å². The predicted octanol–water partition coefficient (Wildman–Crippen LogP) is 1.36. The average Bonchev–Trinajstić information content (AvgIpc) is 2.63. The molecule has 0 aliphatic carbocycles. The quantitative estimate of drug-likeness (QED) is 0.870. The summed E-state index contributed by atoms with van der Waals surface area (Å²) >= 11 is 0. The van der Waals surface area contributed by atoms with Crippen molar-refractivity contribution in [3.63, 3.8) is 0 Å². The summed E-state index contributed by atoms with van der Waals surface area (Å²) in [6.07, 6.45) is 1.42. The molecule has 1 aromatic heterocycles. The Balaban J connectivity index is 2.40. The fraction of sp³-hybridized carbons (Fsp3) is 0.278. The molecule has 8 heteroatoms. The minimum atomic E-state index is -0.531. The third-order valence-electron chi connectivity index (χ3n) is 3.74. The van der Waals surface area contributed by atoms with Gasteiger partial charge in [-0.2, -0.15) is 0 Å². The highest BCUT2D eigenvalue weighted by atomic mass is 16.5. The van der Waals surface area contributed by atoms with Crippen LogP contribution in [0.3, 0.4) is 0 Å². The molecule has 0 unspecified atom stereocenters. The maximum atomic E-state index is 12.6. The number of carbonyl (C=O) groups excluding carboxylic acids is 2. The van der Waals surface area contributed by atoms with Crippen LogP contribution in [0, 0.1) is 0 Å². The lowest BCUT2D eigenvalue weighted by atomic mass is 10.1. The summed E-state index contributed by atoms with van der Waals surface area (Å²) in [5.74, 6) is 0.0290. The number of pyridine rings is 1. The summed E-state index contributed by atoms with van der Waals surface area (Å²) < 4.78 is 11.6. The molecule has 1 aromatic carbocycles. The lowest BCUT2D eigenvalue weighted by Crippen LogP contribution is -2.28. The molecule has 0 aliphatic rings. The molecule has 0 fully saturated rings. The van der Waals surface area contributed by atoms with Gasteiger partial charge in [-0.1, -0.05) is 0 Å². The SMILES string of the molecule is COc1ccc(C(=O)Nc2cc(C(=O)N(C)C)cn(C)c2=O)c(OC)c1. The van der Waals surface area contributed by atoms with Crippen molar-refractivity contribution in [3.8, 4) is 11.5 Å². The standard InChI is InChI=1S/C18H21N3O5/c1-20(2)17(23)11-8-14(18(24)21(3)10-11)19-16(22)13-7-6-12(25-4)9-15(13)26-5/h6-10H,1-5H3,(H,19,22). The number of ether oxygens (including phenoxy) is 2. The number of carbonyl (C=O) groups is 2. The summed E-state index contributed by atoms with van der Waals surface area (Å²) in [5, 5.41) is 2.55. The first kappa shape index (κ1) is 19.0. The van der Waals surface area contributed by atoms with E-state index in [-0.39, 0.29) is 22.7 Å². The molecule has 0 bridgehead atoms. The van der Waals surface area contributed by atoms with E-state index in [2.05, 4.69) is 5.32 Å². The molecule has 138 valence electrons. The van der Waals surface area contributed by atoms with Gasteiger partial charge < -0.3 is 24.3 Å². The van der Waals surface area contributed by atoms with Gasteiger partial charge in [-0.25, -0.2) is 0 Å². The Morgan fingerprint density at radius 3 is 2.38 bits per heavy atom. The van der Waals surface area contributed by atoms with E-state index in [0.717, 1.165) is 0 Å². The third kappa shape index (κ3) is 3.85. The summed E-state index contributed by atoms with van der Waals surface area (Å²) in [6.45, 7) is 0. The Labute approximate surface area is 150 Å². The maximum Gasteiger partial charge on any atom is 0.274 e. The number of hydrogen-bond acceptors (Lipinski definition) is 5. The van der Waals surface area contributed by atoms with E-state index in [0.29, 0.717) is 11.5 Å². The number of aryl methyl sites for hydroxylation is 1. The molecule has 0 spiro atoms. The molecule has 26 heavy (non-hydrogen) atoms. The molecule has 0 aliphatic heterocycles. The highest BCUT2D eigenvalue weighted by Gasteiger charge is 2.17. The Hall–Kier alpha value is -3.29. The van der Waals surface area contributed by atoms with Gasteiger partial charge in [0.25, 0.3) is 17.4 Å². The predicted molar refractivity (Wildman–Crippen MR) is 97.2 cm³/mol. The number of nitrogens with one attached hydrogen (secondary N) is 1. The topological polar surface area (TPSA) is 89.9 Å². The summed E-state index contributed by atoms with van der Waals surface area (Å²) in [6, 6.07) is 6.07. The van der Waals surface area contributed by atoms with Gasteiger partial charge in [0.15, 0.2) is 0 Å². The van der Waals surface area contributed by atoms with Crippen LogP contribution in [0.2, 0.25) is 0 Å². The number of anilines is 1. The van der Waals surface area contributed by atoms with Gasteiger partial charge in [0.1, 0.15) is 17.2 Å². The fourth-order valence-electron chi connectivity index (χ4n) is 2.35. The Morgan fingerprint density at radius 1 is 1.12 bits per heavy atom. The van der Waals surface area contributed by atoms with E-state index >= 15 is 0 Å². The van der Waals surface area contributed by atoms with Crippen molar-refractivity contribution in [1.29, 1.82) is 0 Å². The summed E-state index contributed by atoms with van der Waals surface area (Å²) in [4.78, 5) is 38.4. The molecular formula is C18H21N3O5. The highest BCUT2D eigenvalue weighted by Crippen LogP contribution is 2.25. The van der Waals surface area contributed by atoms with Crippen LogP contribution in [-0.4, -0.2) is 49.6 Å². The van der Waals surface area contributed by atoms with Gasteiger partial charge in [0, 0.05) is 33.4 Å².